The first-order valence-electron chi connectivity index (χ1n) is 14.2. The van der Waals surface area contributed by atoms with Crippen LogP contribution in [0, 0.1) is 24.7 Å². The number of anilines is 1. The summed E-state index contributed by atoms with van der Waals surface area (Å²) in [5.74, 6) is 2.92. The molecule has 198 valence electrons. The number of amides is 1. The highest BCUT2D eigenvalue weighted by Crippen LogP contribution is 2.28. The van der Waals surface area contributed by atoms with Gasteiger partial charge in [-0.05, 0) is 74.2 Å². The standard InChI is InChI=1S/C31H43N5O/c1-23-19-24(2)21-34(20-23)16-8-15-32-30(37)26-13-17-35(18-14-26)31-33-28-11-6-7-12-29(28)36(31)22-27-10-5-4-9-25(27)3/h4-7,9-12,23-24,26H,8,13-22H2,1-3H3,(H,32,37)/t23-,24-/m0/s1. The monoisotopic (exact) mass is 501 g/mol. The van der Waals surface area contributed by atoms with Gasteiger partial charge in [0.2, 0.25) is 11.9 Å². The Morgan fingerprint density at radius 2 is 1.70 bits per heavy atom. The van der Waals surface area contributed by atoms with Crippen LogP contribution in [0.5, 0.6) is 0 Å². The maximum Gasteiger partial charge on any atom is 0.223 e. The SMILES string of the molecule is Cc1ccccc1Cn1c(N2CCC(C(=O)NCCCN3C[C@@H](C)C[C@H](C)C3)CC2)nc2ccccc21. The number of likely N-dealkylation sites (tertiary alicyclic amines) is 1. The number of rotatable bonds is 8. The Morgan fingerprint density at radius 3 is 2.46 bits per heavy atom. The lowest BCUT2D eigenvalue weighted by Gasteiger charge is -2.35. The van der Waals surface area contributed by atoms with Gasteiger partial charge in [0.15, 0.2) is 0 Å². The molecule has 6 heteroatoms. The van der Waals surface area contributed by atoms with Gasteiger partial charge >= 0.3 is 0 Å². The lowest BCUT2D eigenvalue weighted by atomic mass is 9.92. The van der Waals surface area contributed by atoms with Gasteiger partial charge in [-0.3, -0.25) is 4.79 Å². The second-order valence-corrected chi connectivity index (χ2v) is 11.5. The van der Waals surface area contributed by atoms with Crippen molar-refractivity contribution in [1.29, 1.82) is 0 Å². The molecule has 2 saturated heterocycles. The molecule has 1 amide bonds. The van der Waals surface area contributed by atoms with E-state index in [0.29, 0.717) is 0 Å². The highest BCUT2D eigenvalue weighted by Gasteiger charge is 2.28. The van der Waals surface area contributed by atoms with Crippen molar-refractivity contribution >= 4 is 22.9 Å². The average Bonchev–Trinajstić information content (AvgIpc) is 3.26. The Hall–Kier alpha value is -2.86. The van der Waals surface area contributed by atoms with Crippen LogP contribution in [0.3, 0.4) is 0 Å². The average molecular weight is 502 g/mol. The van der Waals surface area contributed by atoms with Gasteiger partial charge in [0.1, 0.15) is 0 Å². The minimum Gasteiger partial charge on any atom is -0.356 e. The normalized spacial score (nSPS) is 21.4. The number of carbonyl (C=O) groups is 1. The molecule has 2 fully saturated rings. The van der Waals surface area contributed by atoms with Gasteiger partial charge in [-0.25, -0.2) is 4.98 Å². The van der Waals surface area contributed by atoms with Crippen molar-refractivity contribution in [2.75, 3.05) is 44.2 Å². The molecular weight excluding hydrogens is 458 g/mol. The summed E-state index contributed by atoms with van der Waals surface area (Å²) < 4.78 is 2.35. The van der Waals surface area contributed by atoms with E-state index in [9.17, 15) is 4.79 Å². The summed E-state index contributed by atoms with van der Waals surface area (Å²) in [7, 11) is 0. The van der Waals surface area contributed by atoms with E-state index in [4.69, 9.17) is 4.98 Å². The minimum absolute atomic E-state index is 0.0977. The van der Waals surface area contributed by atoms with E-state index in [-0.39, 0.29) is 11.8 Å². The minimum atomic E-state index is 0.0977. The third kappa shape index (κ3) is 6.18. The van der Waals surface area contributed by atoms with Crippen molar-refractivity contribution in [3.8, 4) is 0 Å². The van der Waals surface area contributed by atoms with Crippen LogP contribution in [-0.2, 0) is 11.3 Å². The van der Waals surface area contributed by atoms with Gasteiger partial charge in [0.25, 0.3) is 0 Å². The van der Waals surface area contributed by atoms with E-state index in [1.807, 2.05) is 0 Å². The van der Waals surface area contributed by atoms with Crippen LogP contribution >= 0.6 is 0 Å². The highest BCUT2D eigenvalue weighted by molar-refractivity contribution is 5.80. The van der Waals surface area contributed by atoms with Gasteiger partial charge in [-0.1, -0.05) is 50.2 Å². The van der Waals surface area contributed by atoms with E-state index in [1.165, 1.54) is 30.6 Å². The van der Waals surface area contributed by atoms with Gasteiger partial charge < -0.3 is 19.7 Å². The summed E-state index contributed by atoms with van der Waals surface area (Å²) in [6.07, 6.45) is 4.13. The van der Waals surface area contributed by atoms with E-state index < -0.39 is 0 Å². The van der Waals surface area contributed by atoms with Gasteiger partial charge in [-0.2, -0.15) is 0 Å². The molecule has 0 spiro atoms. The number of para-hydroxylation sites is 2. The summed E-state index contributed by atoms with van der Waals surface area (Å²) in [6, 6.07) is 17.0. The Labute approximate surface area is 222 Å². The number of nitrogens with zero attached hydrogens (tertiary/aromatic N) is 4. The number of nitrogens with one attached hydrogen (secondary N) is 1. The molecule has 2 aromatic carbocycles. The smallest absolute Gasteiger partial charge is 0.223 e. The third-order valence-corrected chi connectivity index (χ3v) is 8.27. The number of aromatic nitrogens is 2. The molecule has 3 aromatic rings. The lowest BCUT2D eigenvalue weighted by Crippen LogP contribution is -2.43. The molecule has 3 heterocycles. The summed E-state index contributed by atoms with van der Waals surface area (Å²) >= 11 is 0. The van der Waals surface area contributed by atoms with Crippen molar-refractivity contribution in [3.05, 3.63) is 59.7 Å². The Bertz CT molecular complexity index is 1190. The molecule has 2 aliphatic heterocycles. The molecule has 1 aromatic heterocycles. The summed E-state index contributed by atoms with van der Waals surface area (Å²) in [5.41, 5.74) is 4.81. The van der Waals surface area contributed by atoms with Gasteiger partial charge in [-0.15, -0.1) is 0 Å². The summed E-state index contributed by atoms with van der Waals surface area (Å²) in [6.45, 7) is 13.7. The molecule has 5 rings (SSSR count). The molecule has 0 saturated carbocycles. The fourth-order valence-corrected chi connectivity index (χ4v) is 6.39. The number of hydrogen-bond acceptors (Lipinski definition) is 4. The molecule has 1 N–H and O–H groups in total. The van der Waals surface area contributed by atoms with Crippen LogP contribution in [0.2, 0.25) is 0 Å². The van der Waals surface area contributed by atoms with Crippen molar-refractivity contribution < 1.29 is 4.79 Å². The zero-order valence-corrected chi connectivity index (χ0v) is 22.8. The Balaban J connectivity index is 1.16. The third-order valence-electron chi connectivity index (χ3n) is 8.27. The molecular formula is C31H43N5O. The van der Waals surface area contributed by atoms with E-state index >= 15 is 0 Å². The fourth-order valence-electron chi connectivity index (χ4n) is 6.39. The quantitative estimate of drug-likeness (QED) is 0.437. The largest absolute Gasteiger partial charge is 0.356 e. The van der Waals surface area contributed by atoms with E-state index in [1.54, 1.807) is 0 Å². The number of benzene rings is 2. The lowest BCUT2D eigenvalue weighted by molar-refractivity contribution is -0.125. The van der Waals surface area contributed by atoms with Crippen LogP contribution in [0.15, 0.2) is 48.5 Å². The molecule has 0 radical (unpaired) electrons. The molecule has 6 nitrogen and oxygen atoms in total. The number of hydrogen-bond donors (Lipinski definition) is 1. The van der Waals surface area contributed by atoms with Crippen molar-refractivity contribution in [2.45, 2.75) is 53.0 Å². The van der Waals surface area contributed by atoms with Crippen LogP contribution in [-0.4, -0.2) is 59.6 Å². The number of imidazole rings is 1. The predicted octanol–water partition coefficient (Wildman–Crippen LogP) is 5.09. The number of piperidine rings is 2. The van der Waals surface area contributed by atoms with E-state index in [2.05, 4.69) is 89.0 Å². The summed E-state index contributed by atoms with van der Waals surface area (Å²) in [4.78, 5) is 22.9. The fraction of sp³-hybridized carbons (Fsp3) is 0.548. The molecule has 0 bridgehead atoms. The maximum atomic E-state index is 12.9. The highest BCUT2D eigenvalue weighted by atomic mass is 16.1. The number of carbonyl (C=O) groups excluding carboxylic acids is 1. The second kappa shape index (κ2) is 11.7. The molecule has 37 heavy (non-hydrogen) atoms. The van der Waals surface area contributed by atoms with Gasteiger partial charge in [0.05, 0.1) is 17.6 Å². The topological polar surface area (TPSA) is 53.4 Å². The van der Waals surface area contributed by atoms with Crippen LogP contribution in [0.4, 0.5) is 5.95 Å². The zero-order chi connectivity index (χ0) is 25.8. The second-order valence-electron chi connectivity index (χ2n) is 11.5. The predicted molar refractivity (Wildman–Crippen MR) is 152 cm³/mol. The van der Waals surface area contributed by atoms with Crippen molar-refractivity contribution in [2.24, 2.45) is 17.8 Å². The first kappa shape index (κ1) is 25.8. The molecule has 0 aliphatic carbocycles. The number of fused-ring (bicyclic) bond motifs is 1. The van der Waals surface area contributed by atoms with Crippen molar-refractivity contribution in [3.63, 3.8) is 0 Å². The van der Waals surface area contributed by atoms with Crippen LogP contribution < -0.4 is 10.2 Å². The maximum absolute atomic E-state index is 12.9. The van der Waals surface area contributed by atoms with Crippen LogP contribution in [0.25, 0.3) is 11.0 Å². The number of aryl methyl sites for hydroxylation is 1. The first-order valence-corrected chi connectivity index (χ1v) is 14.2. The zero-order valence-electron chi connectivity index (χ0n) is 22.8. The molecule has 2 atom stereocenters. The van der Waals surface area contributed by atoms with E-state index in [0.717, 1.165) is 80.8 Å². The van der Waals surface area contributed by atoms with Gasteiger partial charge in [0, 0.05) is 38.6 Å². The summed E-state index contributed by atoms with van der Waals surface area (Å²) in [5, 5.41) is 3.24. The van der Waals surface area contributed by atoms with Crippen LogP contribution in [0.1, 0.15) is 50.7 Å². The Kier molecular flexibility index (Phi) is 8.14. The Morgan fingerprint density at radius 1 is 1.00 bits per heavy atom. The molecule has 2 aliphatic rings. The first-order chi connectivity index (χ1) is 18.0. The van der Waals surface area contributed by atoms with Crippen molar-refractivity contribution in [1.82, 2.24) is 19.8 Å². The molecule has 0 unspecified atom stereocenters.